The summed E-state index contributed by atoms with van der Waals surface area (Å²) in [7, 11) is 0. The highest BCUT2D eigenvalue weighted by Crippen LogP contribution is 2.24. The Labute approximate surface area is 116 Å². The second-order valence-electron chi connectivity index (χ2n) is 5.50. The topological polar surface area (TPSA) is 131 Å². The van der Waals surface area contributed by atoms with E-state index in [9.17, 15) is 25.2 Å². The first-order valence-corrected chi connectivity index (χ1v) is 6.79. The maximum atomic E-state index is 11.8. The molecule has 0 saturated carbocycles. The van der Waals surface area contributed by atoms with Crippen molar-refractivity contribution in [3.8, 4) is 0 Å². The Hall–Kier alpha value is -0.770. The number of nitrogens with one attached hydrogen (secondary N) is 2. The molecular weight excluding hydrogens is 268 g/mol. The number of carbonyl (C=O) groups is 1. The van der Waals surface area contributed by atoms with Crippen molar-refractivity contribution in [2.75, 3.05) is 13.1 Å². The van der Waals surface area contributed by atoms with E-state index in [0.29, 0.717) is 13.0 Å². The van der Waals surface area contributed by atoms with Crippen LogP contribution in [0.15, 0.2) is 0 Å². The number of aliphatic hydroxyl groups is 4. The zero-order valence-corrected chi connectivity index (χ0v) is 11.3. The smallest absolute Gasteiger partial charge is 0.237 e. The number of rotatable bonds is 3. The number of hydrogen-bond acceptors (Lipinski definition) is 7. The van der Waals surface area contributed by atoms with Gasteiger partial charge in [0.05, 0.1) is 18.2 Å². The van der Waals surface area contributed by atoms with E-state index in [0.717, 1.165) is 0 Å². The van der Waals surface area contributed by atoms with E-state index in [2.05, 4.69) is 10.6 Å². The maximum Gasteiger partial charge on any atom is 0.237 e. The van der Waals surface area contributed by atoms with E-state index >= 15 is 0 Å². The number of carbonyl (C=O) groups excluding carboxylic acids is 1. The van der Waals surface area contributed by atoms with Gasteiger partial charge in [0.15, 0.2) is 6.29 Å². The van der Waals surface area contributed by atoms with E-state index in [4.69, 9.17) is 4.74 Å². The molecule has 0 aliphatic carbocycles. The van der Waals surface area contributed by atoms with Gasteiger partial charge in [-0.2, -0.15) is 0 Å². The highest BCUT2D eigenvalue weighted by Gasteiger charge is 2.41. The lowest BCUT2D eigenvalue weighted by atomic mass is 9.92. The molecule has 2 aliphatic heterocycles. The molecule has 0 aromatic carbocycles. The molecule has 0 spiro atoms. The molecule has 6 N–H and O–H groups in total. The second-order valence-corrected chi connectivity index (χ2v) is 5.50. The van der Waals surface area contributed by atoms with Crippen LogP contribution in [0.4, 0.5) is 0 Å². The molecule has 7 unspecified atom stereocenters. The summed E-state index contributed by atoms with van der Waals surface area (Å²) >= 11 is 0. The number of amides is 1. The third-order valence-corrected chi connectivity index (χ3v) is 3.94. The molecule has 2 aliphatic rings. The van der Waals surface area contributed by atoms with Gasteiger partial charge in [0.25, 0.3) is 0 Å². The minimum Gasteiger partial charge on any atom is -0.392 e. The third-order valence-electron chi connectivity index (χ3n) is 3.94. The van der Waals surface area contributed by atoms with Crippen LogP contribution in [0.1, 0.15) is 13.3 Å². The lowest BCUT2D eigenvalue weighted by Crippen LogP contribution is -2.57. The predicted molar refractivity (Wildman–Crippen MR) is 67.5 cm³/mol. The van der Waals surface area contributed by atoms with E-state index in [1.165, 1.54) is 0 Å². The molecule has 0 radical (unpaired) electrons. The fraction of sp³-hybridized carbons (Fsp3) is 0.917. The second kappa shape index (κ2) is 6.33. The molecule has 7 atom stereocenters. The van der Waals surface area contributed by atoms with Gasteiger partial charge in [0.1, 0.15) is 12.2 Å². The van der Waals surface area contributed by atoms with Crippen LogP contribution >= 0.6 is 0 Å². The van der Waals surface area contributed by atoms with Crippen LogP contribution in [-0.4, -0.2) is 76.2 Å². The van der Waals surface area contributed by atoms with Gasteiger partial charge < -0.3 is 35.8 Å². The largest absolute Gasteiger partial charge is 0.392 e. The summed E-state index contributed by atoms with van der Waals surface area (Å²) in [6.45, 7) is 1.92. The highest BCUT2D eigenvalue weighted by molar-refractivity contribution is 5.82. The average Bonchev–Trinajstić information content (AvgIpc) is 2.85. The Morgan fingerprint density at radius 3 is 2.60 bits per heavy atom. The van der Waals surface area contributed by atoms with Gasteiger partial charge in [-0.3, -0.25) is 4.79 Å². The molecule has 2 rings (SSSR count). The molecule has 8 nitrogen and oxygen atoms in total. The van der Waals surface area contributed by atoms with Crippen molar-refractivity contribution in [2.45, 2.75) is 50.1 Å². The standard InChI is InChI=1S/C12H22N2O6/c1-5-9(16)10(17)8(20-12(5)19)4-14-11(18)7-2-6(15)3-13-7/h5-10,12-13,15-17,19H,2-4H2,1H3,(H,14,18). The molecule has 1 amide bonds. The van der Waals surface area contributed by atoms with Crippen molar-refractivity contribution >= 4 is 5.91 Å². The summed E-state index contributed by atoms with van der Waals surface area (Å²) in [5, 5.41) is 44.0. The molecule has 8 heteroatoms. The van der Waals surface area contributed by atoms with Crippen molar-refractivity contribution in [3.63, 3.8) is 0 Å². The summed E-state index contributed by atoms with van der Waals surface area (Å²) in [5.41, 5.74) is 0. The molecule has 2 saturated heterocycles. The predicted octanol–water partition coefficient (Wildman–Crippen LogP) is -3.10. The van der Waals surface area contributed by atoms with Gasteiger partial charge in [-0.15, -0.1) is 0 Å². The van der Waals surface area contributed by atoms with Crippen LogP contribution in [0, 0.1) is 5.92 Å². The van der Waals surface area contributed by atoms with Gasteiger partial charge in [-0.25, -0.2) is 0 Å². The minimum absolute atomic E-state index is 0.0187. The molecule has 0 aromatic heterocycles. The maximum absolute atomic E-state index is 11.8. The SMILES string of the molecule is CC1C(O)OC(CNC(=O)C2CC(O)CN2)C(O)C1O. The van der Waals surface area contributed by atoms with Crippen molar-refractivity contribution in [1.82, 2.24) is 10.6 Å². The zero-order chi connectivity index (χ0) is 14.9. The Morgan fingerprint density at radius 2 is 2.00 bits per heavy atom. The molecule has 2 heterocycles. The summed E-state index contributed by atoms with van der Waals surface area (Å²) < 4.78 is 5.18. The van der Waals surface area contributed by atoms with Gasteiger partial charge in [0, 0.05) is 19.0 Å². The Balaban J connectivity index is 1.82. The number of β-amino-alcohol motifs (C(OH)–C–C–N with tert-alkyl or cyclic N) is 1. The van der Waals surface area contributed by atoms with Gasteiger partial charge in [0.2, 0.25) is 5.91 Å². The van der Waals surface area contributed by atoms with E-state index in [1.807, 2.05) is 0 Å². The molecular formula is C12H22N2O6. The lowest BCUT2D eigenvalue weighted by molar-refractivity contribution is -0.258. The summed E-state index contributed by atoms with van der Waals surface area (Å²) in [6, 6.07) is -0.473. The Morgan fingerprint density at radius 1 is 1.30 bits per heavy atom. The molecule has 116 valence electrons. The fourth-order valence-electron chi connectivity index (χ4n) is 2.49. The number of aliphatic hydroxyl groups excluding tert-OH is 4. The fourth-order valence-corrected chi connectivity index (χ4v) is 2.49. The van der Waals surface area contributed by atoms with Gasteiger partial charge in [-0.05, 0) is 6.42 Å². The Kier molecular flexibility index (Phi) is 4.95. The van der Waals surface area contributed by atoms with Gasteiger partial charge >= 0.3 is 0 Å². The average molecular weight is 290 g/mol. The molecule has 0 aromatic rings. The van der Waals surface area contributed by atoms with Crippen LogP contribution in [-0.2, 0) is 9.53 Å². The van der Waals surface area contributed by atoms with Crippen LogP contribution in [0.5, 0.6) is 0 Å². The van der Waals surface area contributed by atoms with E-state index in [-0.39, 0.29) is 12.5 Å². The zero-order valence-electron chi connectivity index (χ0n) is 11.3. The molecule has 0 bridgehead atoms. The summed E-state index contributed by atoms with van der Waals surface area (Å²) in [5.74, 6) is -0.899. The van der Waals surface area contributed by atoms with Crippen LogP contribution in [0.25, 0.3) is 0 Å². The first-order valence-electron chi connectivity index (χ1n) is 6.79. The minimum atomic E-state index is -1.18. The van der Waals surface area contributed by atoms with Crippen LogP contribution in [0.3, 0.4) is 0 Å². The lowest BCUT2D eigenvalue weighted by Gasteiger charge is -2.39. The van der Waals surface area contributed by atoms with Crippen molar-refractivity contribution < 1.29 is 30.0 Å². The van der Waals surface area contributed by atoms with E-state index < -0.39 is 42.7 Å². The monoisotopic (exact) mass is 290 g/mol. The van der Waals surface area contributed by atoms with Gasteiger partial charge in [-0.1, -0.05) is 6.92 Å². The van der Waals surface area contributed by atoms with E-state index in [1.54, 1.807) is 6.92 Å². The van der Waals surface area contributed by atoms with Crippen molar-refractivity contribution in [3.05, 3.63) is 0 Å². The summed E-state index contributed by atoms with van der Waals surface area (Å²) in [4.78, 5) is 11.8. The summed E-state index contributed by atoms with van der Waals surface area (Å²) in [6.07, 6.45) is -4.52. The number of hydrogen-bond donors (Lipinski definition) is 6. The van der Waals surface area contributed by atoms with Crippen LogP contribution in [0.2, 0.25) is 0 Å². The quantitative estimate of drug-likeness (QED) is 0.324. The normalized spacial score (nSPS) is 45.4. The molecule has 2 fully saturated rings. The highest BCUT2D eigenvalue weighted by atomic mass is 16.6. The first-order chi connectivity index (χ1) is 9.40. The van der Waals surface area contributed by atoms with Crippen molar-refractivity contribution in [1.29, 1.82) is 0 Å². The number of ether oxygens (including phenoxy) is 1. The third kappa shape index (κ3) is 3.27. The first kappa shape index (κ1) is 15.6. The molecule has 20 heavy (non-hydrogen) atoms. The van der Waals surface area contributed by atoms with Crippen LogP contribution < -0.4 is 10.6 Å². The van der Waals surface area contributed by atoms with Crippen molar-refractivity contribution in [2.24, 2.45) is 5.92 Å². The Bertz CT molecular complexity index is 355.